The molecule has 1 aromatic rings. The highest BCUT2D eigenvalue weighted by Gasteiger charge is 2.29. The molecule has 0 aromatic heterocycles. The fraction of sp³-hybridized carbons (Fsp3) is 0.556. The Morgan fingerprint density at radius 2 is 1.75 bits per heavy atom. The molecule has 24 heavy (non-hydrogen) atoms. The molecule has 134 valence electrons. The smallest absolute Gasteiger partial charge is 0.243 e. The Bertz CT molecular complexity index is 556. The van der Waals surface area contributed by atoms with Gasteiger partial charge in [-0.1, -0.05) is 43.1 Å². The van der Waals surface area contributed by atoms with E-state index in [9.17, 15) is 9.59 Å². The third-order valence-corrected chi connectivity index (χ3v) is 4.38. The van der Waals surface area contributed by atoms with Gasteiger partial charge in [-0.15, -0.1) is 0 Å². The van der Waals surface area contributed by atoms with Gasteiger partial charge in [-0.05, 0) is 38.8 Å². The molecular formula is C18H26Cl2N2O2. The Hall–Kier alpha value is -1.26. The molecule has 1 N–H and O–H groups in total. The van der Waals surface area contributed by atoms with Crippen LogP contribution in [-0.4, -0.2) is 28.8 Å². The summed E-state index contributed by atoms with van der Waals surface area (Å²) in [6, 6.07) is 4.70. The second kappa shape index (κ2) is 9.90. The minimum atomic E-state index is -0.543. The fourth-order valence-electron chi connectivity index (χ4n) is 2.51. The van der Waals surface area contributed by atoms with Crippen LogP contribution in [-0.2, 0) is 16.1 Å². The number of hydrogen-bond acceptors (Lipinski definition) is 2. The molecule has 0 fully saturated rings. The zero-order chi connectivity index (χ0) is 18.3. The SMILES string of the molecule is CCCC(=O)N(Cc1c(Cl)cccc1Cl)C(CC)C(=O)NC(C)C. The van der Waals surface area contributed by atoms with Crippen molar-refractivity contribution in [3.8, 4) is 0 Å². The van der Waals surface area contributed by atoms with Crippen molar-refractivity contribution in [3.63, 3.8) is 0 Å². The molecule has 0 saturated heterocycles. The van der Waals surface area contributed by atoms with Crippen LogP contribution in [0.15, 0.2) is 18.2 Å². The number of amides is 2. The highest BCUT2D eigenvalue weighted by molar-refractivity contribution is 6.36. The van der Waals surface area contributed by atoms with E-state index < -0.39 is 6.04 Å². The van der Waals surface area contributed by atoms with Gasteiger partial charge in [-0.25, -0.2) is 0 Å². The van der Waals surface area contributed by atoms with Crippen LogP contribution in [0.25, 0.3) is 0 Å². The lowest BCUT2D eigenvalue weighted by Gasteiger charge is -2.31. The third kappa shape index (κ3) is 5.67. The van der Waals surface area contributed by atoms with Gasteiger partial charge >= 0.3 is 0 Å². The van der Waals surface area contributed by atoms with Crippen LogP contribution in [0.1, 0.15) is 52.5 Å². The molecule has 0 spiro atoms. The van der Waals surface area contributed by atoms with Crippen molar-refractivity contribution in [2.24, 2.45) is 0 Å². The monoisotopic (exact) mass is 372 g/mol. The number of carbonyl (C=O) groups is 2. The molecule has 0 aliphatic rings. The number of nitrogens with one attached hydrogen (secondary N) is 1. The van der Waals surface area contributed by atoms with Crippen LogP contribution in [0.4, 0.5) is 0 Å². The average Bonchev–Trinajstić information content (AvgIpc) is 2.49. The second-order valence-corrected chi connectivity index (χ2v) is 6.87. The molecule has 0 radical (unpaired) electrons. The minimum Gasteiger partial charge on any atom is -0.352 e. The summed E-state index contributed by atoms with van der Waals surface area (Å²) in [5, 5.41) is 3.88. The van der Waals surface area contributed by atoms with Crippen molar-refractivity contribution in [1.82, 2.24) is 10.2 Å². The van der Waals surface area contributed by atoms with Crippen molar-refractivity contribution in [1.29, 1.82) is 0 Å². The number of hydrogen-bond donors (Lipinski definition) is 1. The summed E-state index contributed by atoms with van der Waals surface area (Å²) in [7, 11) is 0. The molecule has 1 aromatic carbocycles. The standard InChI is InChI=1S/C18H26Cl2N2O2/c1-5-8-17(23)22(16(6-2)18(24)21-12(3)4)11-13-14(19)9-7-10-15(13)20/h7,9-10,12,16H,5-6,8,11H2,1-4H3,(H,21,24). The number of benzene rings is 1. The van der Waals surface area contributed by atoms with Crippen molar-refractivity contribution >= 4 is 35.0 Å². The number of halogens is 2. The first-order chi connectivity index (χ1) is 11.3. The number of nitrogens with zero attached hydrogens (tertiary/aromatic N) is 1. The molecular weight excluding hydrogens is 347 g/mol. The summed E-state index contributed by atoms with van der Waals surface area (Å²) in [4.78, 5) is 26.7. The molecule has 1 rings (SSSR count). The van der Waals surface area contributed by atoms with Crippen LogP contribution in [0.2, 0.25) is 10.0 Å². The summed E-state index contributed by atoms with van der Waals surface area (Å²) in [5.74, 6) is -0.223. The van der Waals surface area contributed by atoms with Gasteiger partial charge in [0.2, 0.25) is 11.8 Å². The number of rotatable bonds is 8. The summed E-state index contributed by atoms with van der Waals surface area (Å²) >= 11 is 12.5. The van der Waals surface area contributed by atoms with Gasteiger partial charge in [-0.2, -0.15) is 0 Å². The van der Waals surface area contributed by atoms with Crippen molar-refractivity contribution in [3.05, 3.63) is 33.8 Å². The Kier molecular flexibility index (Phi) is 8.57. The Balaban J connectivity index is 3.15. The van der Waals surface area contributed by atoms with E-state index in [0.717, 1.165) is 0 Å². The molecule has 0 aliphatic heterocycles. The fourth-order valence-corrected chi connectivity index (χ4v) is 3.03. The minimum absolute atomic E-state index is 0.0126. The first-order valence-electron chi connectivity index (χ1n) is 8.34. The van der Waals surface area contributed by atoms with Crippen LogP contribution < -0.4 is 5.32 Å². The van der Waals surface area contributed by atoms with Gasteiger partial charge in [0.15, 0.2) is 0 Å². The Morgan fingerprint density at radius 3 is 2.21 bits per heavy atom. The molecule has 6 heteroatoms. The first-order valence-corrected chi connectivity index (χ1v) is 9.10. The predicted octanol–water partition coefficient (Wildman–Crippen LogP) is 4.43. The van der Waals surface area contributed by atoms with Crippen molar-refractivity contribution < 1.29 is 9.59 Å². The number of carbonyl (C=O) groups excluding carboxylic acids is 2. The summed E-state index contributed by atoms with van der Waals surface area (Å²) < 4.78 is 0. The third-order valence-electron chi connectivity index (χ3n) is 3.67. The topological polar surface area (TPSA) is 49.4 Å². The van der Waals surface area contributed by atoms with E-state index in [1.807, 2.05) is 27.7 Å². The lowest BCUT2D eigenvalue weighted by molar-refractivity contribution is -0.141. The lowest BCUT2D eigenvalue weighted by Crippen LogP contribution is -2.50. The predicted molar refractivity (Wildman–Crippen MR) is 99.3 cm³/mol. The largest absolute Gasteiger partial charge is 0.352 e. The summed E-state index contributed by atoms with van der Waals surface area (Å²) in [5.41, 5.74) is 0.668. The molecule has 0 bridgehead atoms. The van der Waals surface area contributed by atoms with Crippen LogP contribution in [0.5, 0.6) is 0 Å². The van der Waals surface area contributed by atoms with E-state index in [1.54, 1.807) is 23.1 Å². The molecule has 1 atom stereocenters. The zero-order valence-corrected chi connectivity index (χ0v) is 16.2. The molecule has 2 amide bonds. The van der Waals surface area contributed by atoms with Gasteiger partial charge in [0.05, 0.1) is 0 Å². The van der Waals surface area contributed by atoms with Crippen LogP contribution in [0, 0.1) is 0 Å². The maximum atomic E-state index is 12.6. The van der Waals surface area contributed by atoms with Crippen molar-refractivity contribution in [2.45, 2.75) is 65.6 Å². The molecule has 0 aliphatic carbocycles. The Morgan fingerprint density at radius 1 is 1.17 bits per heavy atom. The first kappa shape index (κ1) is 20.8. The quantitative estimate of drug-likeness (QED) is 0.733. The molecule has 0 saturated carbocycles. The van der Waals surface area contributed by atoms with E-state index in [1.165, 1.54) is 0 Å². The van der Waals surface area contributed by atoms with Gasteiger partial charge < -0.3 is 10.2 Å². The maximum Gasteiger partial charge on any atom is 0.243 e. The normalized spacial score (nSPS) is 12.1. The van der Waals surface area contributed by atoms with Gasteiger partial charge in [0.25, 0.3) is 0 Å². The van der Waals surface area contributed by atoms with E-state index in [0.29, 0.717) is 34.9 Å². The molecule has 0 heterocycles. The Labute approximate surface area is 154 Å². The summed E-state index contributed by atoms with van der Waals surface area (Å²) in [6.45, 7) is 7.85. The van der Waals surface area contributed by atoms with Gasteiger partial charge in [0.1, 0.15) is 6.04 Å². The maximum absolute atomic E-state index is 12.6. The zero-order valence-electron chi connectivity index (χ0n) is 14.7. The van der Waals surface area contributed by atoms with E-state index >= 15 is 0 Å². The van der Waals surface area contributed by atoms with Crippen molar-refractivity contribution in [2.75, 3.05) is 0 Å². The summed E-state index contributed by atoms with van der Waals surface area (Å²) in [6.07, 6.45) is 1.62. The van der Waals surface area contributed by atoms with E-state index in [-0.39, 0.29) is 24.4 Å². The van der Waals surface area contributed by atoms with E-state index in [4.69, 9.17) is 23.2 Å². The van der Waals surface area contributed by atoms with E-state index in [2.05, 4.69) is 5.32 Å². The molecule has 4 nitrogen and oxygen atoms in total. The van der Waals surface area contributed by atoms with Crippen LogP contribution in [0.3, 0.4) is 0 Å². The van der Waals surface area contributed by atoms with Gasteiger partial charge in [0, 0.05) is 34.6 Å². The van der Waals surface area contributed by atoms with Crippen LogP contribution >= 0.6 is 23.2 Å². The molecule has 1 unspecified atom stereocenters. The average molecular weight is 373 g/mol. The lowest BCUT2D eigenvalue weighted by atomic mass is 10.1. The highest BCUT2D eigenvalue weighted by atomic mass is 35.5. The second-order valence-electron chi connectivity index (χ2n) is 6.06. The van der Waals surface area contributed by atoms with Gasteiger partial charge in [-0.3, -0.25) is 9.59 Å². The highest BCUT2D eigenvalue weighted by Crippen LogP contribution is 2.27.